The molecule has 0 fully saturated rings. The molecule has 1 amide bonds. The predicted molar refractivity (Wildman–Crippen MR) is 84.3 cm³/mol. The van der Waals surface area contributed by atoms with Crippen molar-refractivity contribution in [3.63, 3.8) is 0 Å². The van der Waals surface area contributed by atoms with Crippen LogP contribution in [-0.4, -0.2) is 21.1 Å². The second kappa shape index (κ2) is 7.10. The van der Waals surface area contributed by atoms with Crippen molar-refractivity contribution in [1.82, 2.24) is 0 Å². The van der Waals surface area contributed by atoms with Crippen molar-refractivity contribution >= 4 is 27.5 Å². The highest BCUT2D eigenvalue weighted by Crippen LogP contribution is 2.19. The SMILES string of the molecule is CCOC(=O)Nc1ccc(NS(=O)(=O)c2cccc(F)c2)cc1. The summed E-state index contributed by atoms with van der Waals surface area (Å²) in [4.78, 5) is 11.1. The average molecular weight is 338 g/mol. The Bertz CT molecular complexity index is 791. The molecule has 8 heteroatoms. The lowest BCUT2D eigenvalue weighted by molar-refractivity contribution is 0.168. The molecule has 0 aliphatic carbocycles. The molecule has 0 heterocycles. The standard InChI is InChI=1S/C15H15FN2O4S/c1-2-22-15(19)17-12-6-8-13(9-7-12)18-23(20,21)14-5-3-4-11(16)10-14/h3-10,18H,2H2,1H3,(H,17,19). The number of hydrogen-bond acceptors (Lipinski definition) is 4. The Morgan fingerprint density at radius 3 is 2.39 bits per heavy atom. The monoisotopic (exact) mass is 338 g/mol. The molecular weight excluding hydrogens is 323 g/mol. The molecule has 0 atom stereocenters. The van der Waals surface area contributed by atoms with E-state index in [2.05, 4.69) is 10.0 Å². The molecule has 0 saturated heterocycles. The Kier molecular flexibility index (Phi) is 5.17. The van der Waals surface area contributed by atoms with E-state index in [0.29, 0.717) is 5.69 Å². The third kappa shape index (κ3) is 4.68. The molecule has 23 heavy (non-hydrogen) atoms. The van der Waals surface area contributed by atoms with Crippen LogP contribution in [0.3, 0.4) is 0 Å². The summed E-state index contributed by atoms with van der Waals surface area (Å²) in [5.74, 6) is -0.637. The van der Waals surface area contributed by atoms with Gasteiger partial charge in [-0.25, -0.2) is 17.6 Å². The van der Waals surface area contributed by atoms with Crippen molar-refractivity contribution in [2.75, 3.05) is 16.6 Å². The number of rotatable bonds is 5. The van der Waals surface area contributed by atoms with Gasteiger partial charge in [0.2, 0.25) is 0 Å². The minimum atomic E-state index is -3.88. The Balaban J connectivity index is 2.10. The summed E-state index contributed by atoms with van der Waals surface area (Å²) < 4.78 is 44.5. The first-order chi connectivity index (χ1) is 10.9. The van der Waals surface area contributed by atoms with E-state index in [0.717, 1.165) is 12.1 Å². The molecule has 2 aromatic rings. The van der Waals surface area contributed by atoms with Crippen LogP contribution in [0, 0.1) is 5.82 Å². The van der Waals surface area contributed by atoms with Gasteiger partial charge in [0.15, 0.2) is 0 Å². The molecule has 0 saturated carbocycles. The largest absolute Gasteiger partial charge is 0.450 e. The zero-order valence-electron chi connectivity index (χ0n) is 12.2. The van der Waals surface area contributed by atoms with E-state index in [4.69, 9.17) is 4.74 Å². The van der Waals surface area contributed by atoms with Gasteiger partial charge < -0.3 is 4.74 Å². The van der Waals surface area contributed by atoms with Gasteiger partial charge >= 0.3 is 6.09 Å². The average Bonchev–Trinajstić information content (AvgIpc) is 2.49. The van der Waals surface area contributed by atoms with Gasteiger partial charge in [-0.05, 0) is 49.4 Å². The van der Waals surface area contributed by atoms with Gasteiger partial charge in [-0.2, -0.15) is 0 Å². The number of amides is 1. The van der Waals surface area contributed by atoms with Gasteiger partial charge in [0.05, 0.1) is 11.5 Å². The van der Waals surface area contributed by atoms with E-state index in [1.807, 2.05) is 0 Å². The summed E-state index contributed by atoms with van der Waals surface area (Å²) in [5, 5.41) is 2.48. The van der Waals surface area contributed by atoms with Gasteiger partial charge in [-0.15, -0.1) is 0 Å². The number of ether oxygens (including phenoxy) is 1. The molecular formula is C15H15FN2O4S. The highest BCUT2D eigenvalue weighted by atomic mass is 32.2. The summed E-state index contributed by atoms with van der Waals surface area (Å²) >= 11 is 0. The second-order valence-corrected chi connectivity index (χ2v) is 6.17. The first kappa shape index (κ1) is 16.8. The van der Waals surface area contributed by atoms with Crippen molar-refractivity contribution in [2.24, 2.45) is 0 Å². The maximum atomic E-state index is 13.1. The maximum Gasteiger partial charge on any atom is 0.411 e. The molecule has 2 aromatic carbocycles. The number of halogens is 1. The molecule has 0 aliphatic rings. The number of carbonyl (C=O) groups is 1. The molecule has 0 radical (unpaired) electrons. The number of nitrogens with one attached hydrogen (secondary N) is 2. The number of sulfonamides is 1. The lowest BCUT2D eigenvalue weighted by atomic mass is 10.3. The van der Waals surface area contributed by atoms with E-state index in [9.17, 15) is 17.6 Å². The molecule has 6 nitrogen and oxygen atoms in total. The number of anilines is 2. The lowest BCUT2D eigenvalue weighted by Crippen LogP contribution is -2.14. The van der Waals surface area contributed by atoms with Gasteiger partial charge in [0.25, 0.3) is 10.0 Å². The fraction of sp³-hybridized carbons (Fsp3) is 0.133. The molecule has 0 aliphatic heterocycles. The number of hydrogen-bond donors (Lipinski definition) is 2. The van der Waals surface area contributed by atoms with Gasteiger partial charge in [0.1, 0.15) is 5.82 Å². The Hall–Kier alpha value is -2.61. The van der Waals surface area contributed by atoms with Crippen LogP contribution in [0.1, 0.15) is 6.92 Å². The smallest absolute Gasteiger partial charge is 0.411 e. The van der Waals surface area contributed by atoms with Crippen molar-refractivity contribution < 1.29 is 22.3 Å². The molecule has 0 spiro atoms. The minimum Gasteiger partial charge on any atom is -0.450 e. The van der Waals surface area contributed by atoms with Crippen molar-refractivity contribution in [3.8, 4) is 0 Å². The van der Waals surface area contributed by atoms with Crippen LogP contribution in [0.4, 0.5) is 20.6 Å². The predicted octanol–water partition coefficient (Wildman–Crippen LogP) is 3.19. The van der Waals surface area contributed by atoms with E-state index >= 15 is 0 Å². The fourth-order valence-corrected chi connectivity index (χ4v) is 2.84. The van der Waals surface area contributed by atoms with E-state index in [1.165, 1.54) is 36.4 Å². The first-order valence-electron chi connectivity index (χ1n) is 6.73. The Labute approximate surface area is 133 Å². The third-order valence-electron chi connectivity index (χ3n) is 2.77. The van der Waals surface area contributed by atoms with E-state index in [-0.39, 0.29) is 17.2 Å². The summed E-state index contributed by atoms with van der Waals surface area (Å²) in [7, 11) is -3.88. The molecule has 0 unspecified atom stereocenters. The van der Waals surface area contributed by atoms with Crippen LogP contribution >= 0.6 is 0 Å². The van der Waals surface area contributed by atoms with Crippen LogP contribution in [0.25, 0.3) is 0 Å². The quantitative estimate of drug-likeness (QED) is 0.877. The number of benzene rings is 2. The van der Waals surface area contributed by atoms with Crippen LogP contribution in [0.5, 0.6) is 0 Å². The normalized spacial score (nSPS) is 10.9. The van der Waals surface area contributed by atoms with E-state index < -0.39 is 21.9 Å². The van der Waals surface area contributed by atoms with Gasteiger partial charge in [-0.3, -0.25) is 10.0 Å². The number of carbonyl (C=O) groups excluding carboxylic acids is 1. The molecule has 0 bridgehead atoms. The fourth-order valence-electron chi connectivity index (χ4n) is 1.75. The second-order valence-electron chi connectivity index (χ2n) is 4.49. The van der Waals surface area contributed by atoms with Crippen LogP contribution < -0.4 is 10.0 Å². The van der Waals surface area contributed by atoms with Crippen molar-refractivity contribution in [3.05, 3.63) is 54.3 Å². The van der Waals surface area contributed by atoms with Crippen molar-refractivity contribution in [2.45, 2.75) is 11.8 Å². The van der Waals surface area contributed by atoms with Crippen LogP contribution in [-0.2, 0) is 14.8 Å². The highest BCUT2D eigenvalue weighted by molar-refractivity contribution is 7.92. The molecule has 2 N–H and O–H groups in total. The van der Waals surface area contributed by atoms with Gasteiger partial charge in [-0.1, -0.05) is 6.07 Å². The summed E-state index contributed by atoms with van der Waals surface area (Å²) in [6, 6.07) is 10.7. The Morgan fingerprint density at radius 1 is 1.13 bits per heavy atom. The van der Waals surface area contributed by atoms with E-state index in [1.54, 1.807) is 6.92 Å². The van der Waals surface area contributed by atoms with Crippen molar-refractivity contribution in [1.29, 1.82) is 0 Å². The lowest BCUT2D eigenvalue weighted by Gasteiger charge is -2.09. The topological polar surface area (TPSA) is 84.5 Å². The minimum absolute atomic E-state index is 0.175. The zero-order chi connectivity index (χ0) is 16.9. The van der Waals surface area contributed by atoms with Crippen LogP contribution in [0.2, 0.25) is 0 Å². The summed E-state index contributed by atoms with van der Waals surface area (Å²) in [5.41, 5.74) is 0.737. The van der Waals surface area contributed by atoms with Crippen LogP contribution in [0.15, 0.2) is 53.4 Å². The summed E-state index contributed by atoms with van der Waals surface area (Å²) in [6.07, 6.45) is -0.597. The van der Waals surface area contributed by atoms with Gasteiger partial charge in [0, 0.05) is 11.4 Å². The maximum absolute atomic E-state index is 13.1. The third-order valence-corrected chi connectivity index (χ3v) is 4.14. The zero-order valence-corrected chi connectivity index (χ0v) is 13.1. The summed E-state index contributed by atoms with van der Waals surface area (Å²) in [6.45, 7) is 1.93. The molecule has 0 aromatic heterocycles. The highest BCUT2D eigenvalue weighted by Gasteiger charge is 2.14. The molecule has 122 valence electrons. The molecule has 2 rings (SSSR count). The first-order valence-corrected chi connectivity index (χ1v) is 8.21. The Morgan fingerprint density at radius 2 is 1.78 bits per heavy atom.